The van der Waals surface area contributed by atoms with Crippen LogP contribution in [0.15, 0.2) is 0 Å². The highest BCUT2D eigenvalue weighted by molar-refractivity contribution is 5.66. The van der Waals surface area contributed by atoms with Gasteiger partial charge in [-0.05, 0) is 12.8 Å². The van der Waals surface area contributed by atoms with Gasteiger partial charge in [-0.25, -0.2) is 0 Å². The van der Waals surface area contributed by atoms with Crippen molar-refractivity contribution < 1.29 is 9.90 Å². The van der Waals surface area contributed by atoms with Crippen molar-refractivity contribution in [3.8, 4) is 0 Å². The molecule has 1 aliphatic rings. The molecule has 1 unspecified atom stereocenters. The third-order valence-electron chi connectivity index (χ3n) is 1.44. The van der Waals surface area contributed by atoms with Crippen molar-refractivity contribution in [1.29, 1.82) is 0 Å². The first-order valence-corrected chi connectivity index (χ1v) is 3.24. The van der Waals surface area contributed by atoms with E-state index >= 15 is 0 Å². The van der Waals surface area contributed by atoms with Crippen LogP contribution in [0.5, 0.6) is 0 Å². The van der Waals surface area contributed by atoms with Crippen molar-refractivity contribution in [3.05, 3.63) is 0 Å². The van der Waals surface area contributed by atoms with Gasteiger partial charge >= 0.3 is 5.97 Å². The SMILES string of the molecule is O=C(O)CCCC1CN1. The van der Waals surface area contributed by atoms with Gasteiger partial charge in [0.15, 0.2) is 0 Å². The summed E-state index contributed by atoms with van der Waals surface area (Å²) in [5.74, 6) is -0.685. The van der Waals surface area contributed by atoms with Crippen LogP contribution in [0.2, 0.25) is 0 Å². The van der Waals surface area contributed by atoms with Crippen LogP contribution in [0.25, 0.3) is 0 Å². The van der Waals surface area contributed by atoms with Gasteiger partial charge in [0.1, 0.15) is 0 Å². The Labute approximate surface area is 54.1 Å². The van der Waals surface area contributed by atoms with Crippen LogP contribution >= 0.6 is 0 Å². The lowest BCUT2D eigenvalue weighted by Gasteiger charge is -1.90. The van der Waals surface area contributed by atoms with Gasteiger partial charge in [-0.1, -0.05) is 0 Å². The van der Waals surface area contributed by atoms with Gasteiger partial charge < -0.3 is 10.4 Å². The van der Waals surface area contributed by atoms with Gasteiger partial charge in [0, 0.05) is 19.0 Å². The van der Waals surface area contributed by atoms with E-state index in [1.807, 2.05) is 0 Å². The number of aliphatic carboxylic acids is 1. The average molecular weight is 129 g/mol. The zero-order valence-corrected chi connectivity index (χ0v) is 5.26. The second kappa shape index (κ2) is 2.82. The molecule has 52 valence electrons. The Hall–Kier alpha value is -0.570. The van der Waals surface area contributed by atoms with Crippen LogP contribution in [-0.2, 0) is 4.79 Å². The Kier molecular flexibility index (Phi) is 2.05. The Morgan fingerprint density at radius 1 is 1.78 bits per heavy atom. The molecule has 0 spiro atoms. The van der Waals surface area contributed by atoms with E-state index in [9.17, 15) is 4.79 Å². The Morgan fingerprint density at radius 2 is 2.44 bits per heavy atom. The van der Waals surface area contributed by atoms with Crippen LogP contribution in [0.1, 0.15) is 19.3 Å². The lowest BCUT2D eigenvalue weighted by Crippen LogP contribution is -1.96. The fourth-order valence-electron chi connectivity index (χ4n) is 0.787. The highest BCUT2D eigenvalue weighted by Crippen LogP contribution is 2.07. The molecule has 0 saturated carbocycles. The fourth-order valence-corrected chi connectivity index (χ4v) is 0.787. The van der Waals surface area contributed by atoms with E-state index in [1.54, 1.807) is 0 Å². The minimum Gasteiger partial charge on any atom is -0.481 e. The predicted octanol–water partition coefficient (Wildman–Crippen LogP) is 0.213. The van der Waals surface area contributed by atoms with Crippen LogP contribution in [0.3, 0.4) is 0 Å². The number of rotatable bonds is 4. The Bertz CT molecular complexity index is 110. The molecule has 1 aliphatic heterocycles. The predicted molar refractivity (Wildman–Crippen MR) is 33.3 cm³/mol. The third-order valence-corrected chi connectivity index (χ3v) is 1.44. The summed E-state index contributed by atoms with van der Waals surface area (Å²) >= 11 is 0. The minimum atomic E-state index is -0.685. The third kappa shape index (κ3) is 3.08. The molecule has 0 aromatic rings. The molecule has 0 aromatic heterocycles. The van der Waals surface area contributed by atoms with Crippen molar-refractivity contribution in [2.45, 2.75) is 25.3 Å². The van der Waals surface area contributed by atoms with E-state index in [0.717, 1.165) is 19.4 Å². The molecule has 9 heavy (non-hydrogen) atoms. The van der Waals surface area contributed by atoms with Crippen LogP contribution in [-0.4, -0.2) is 23.7 Å². The molecule has 3 heteroatoms. The normalized spacial score (nSPS) is 23.8. The largest absolute Gasteiger partial charge is 0.481 e. The van der Waals surface area contributed by atoms with Gasteiger partial charge in [-0.15, -0.1) is 0 Å². The van der Waals surface area contributed by atoms with Crippen molar-refractivity contribution in [3.63, 3.8) is 0 Å². The number of nitrogens with one attached hydrogen (secondary N) is 1. The van der Waals surface area contributed by atoms with E-state index in [0.29, 0.717) is 12.5 Å². The maximum atomic E-state index is 9.98. The van der Waals surface area contributed by atoms with Gasteiger partial charge in [0.2, 0.25) is 0 Å². The number of hydrogen-bond acceptors (Lipinski definition) is 2. The summed E-state index contributed by atoms with van der Waals surface area (Å²) in [5.41, 5.74) is 0. The van der Waals surface area contributed by atoms with Crippen LogP contribution in [0, 0.1) is 0 Å². The van der Waals surface area contributed by atoms with Crippen molar-refractivity contribution in [2.75, 3.05) is 6.54 Å². The van der Waals surface area contributed by atoms with Gasteiger partial charge in [0.05, 0.1) is 0 Å². The lowest BCUT2D eigenvalue weighted by atomic mass is 10.2. The summed E-state index contributed by atoms with van der Waals surface area (Å²) in [6, 6.07) is 0.629. The van der Waals surface area contributed by atoms with E-state index < -0.39 is 5.97 Å². The second-order valence-corrected chi connectivity index (χ2v) is 2.39. The lowest BCUT2D eigenvalue weighted by molar-refractivity contribution is -0.137. The molecular formula is C6H11NO2. The molecular weight excluding hydrogens is 118 g/mol. The summed E-state index contributed by atoms with van der Waals surface area (Å²) in [5, 5.41) is 11.3. The van der Waals surface area contributed by atoms with E-state index in [4.69, 9.17) is 5.11 Å². The Balaban J connectivity index is 1.86. The molecule has 1 fully saturated rings. The number of carbonyl (C=O) groups is 1. The summed E-state index contributed by atoms with van der Waals surface area (Å²) < 4.78 is 0. The summed E-state index contributed by atoms with van der Waals surface area (Å²) in [7, 11) is 0. The molecule has 0 bridgehead atoms. The summed E-state index contributed by atoms with van der Waals surface area (Å²) in [6.45, 7) is 1.08. The molecule has 2 N–H and O–H groups in total. The van der Waals surface area contributed by atoms with Gasteiger partial charge in [-0.2, -0.15) is 0 Å². The van der Waals surface area contributed by atoms with Gasteiger partial charge in [-0.3, -0.25) is 4.79 Å². The molecule has 3 nitrogen and oxygen atoms in total. The molecule has 0 amide bonds. The Morgan fingerprint density at radius 3 is 2.89 bits per heavy atom. The monoisotopic (exact) mass is 129 g/mol. The van der Waals surface area contributed by atoms with Crippen molar-refractivity contribution in [2.24, 2.45) is 0 Å². The molecule has 1 atom stereocenters. The molecule has 0 aromatic carbocycles. The zero-order valence-electron chi connectivity index (χ0n) is 5.26. The zero-order chi connectivity index (χ0) is 6.69. The molecule has 0 radical (unpaired) electrons. The fraction of sp³-hybridized carbons (Fsp3) is 0.833. The quantitative estimate of drug-likeness (QED) is 0.533. The first kappa shape index (κ1) is 6.55. The maximum absolute atomic E-state index is 9.98. The highest BCUT2D eigenvalue weighted by atomic mass is 16.4. The van der Waals surface area contributed by atoms with E-state index in [-0.39, 0.29) is 0 Å². The number of carboxylic acid groups (broad SMARTS) is 1. The smallest absolute Gasteiger partial charge is 0.303 e. The molecule has 0 aliphatic carbocycles. The van der Waals surface area contributed by atoms with Gasteiger partial charge in [0.25, 0.3) is 0 Å². The molecule has 1 saturated heterocycles. The number of carboxylic acids is 1. The molecule has 1 heterocycles. The maximum Gasteiger partial charge on any atom is 0.303 e. The first-order valence-electron chi connectivity index (χ1n) is 3.24. The first-order chi connectivity index (χ1) is 4.29. The van der Waals surface area contributed by atoms with E-state index in [1.165, 1.54) is 0 Å². The summed E-state index contributed by atoms with van der Waals surface area (Å²) in [6.07, 6.45) is 2.15. The molecule has 1 rings (SSSR count). The van der Waals surface area contributed by atoms with Crippen molar-refractivity contribution in [1.82, 2.24) is 5.32 Å². The second-order valence-electron chi connectivity index (χ2n) is 2.39. The average Bonchev–Trinajstić information content (AvgIpc) is 2.48. The van der Waals surface area contributed by atoms with Crippen molar-refractivity contribution >= 4 is 5.97 Å². The summed E-state index contributed by atoms with van der Waals surface area (Å²) in [4.78, 5) is 9.98. The van der Waals surface area contributed by atoms with Crippen LogP contribution < -0.4 is 5.32 Å². The topological polar surface area (TPSA) is 59.2 Å². The standard InChI is InChI=1S/C6H11NO2/c8-6(9)3-1-2-5-4-7-5/h5,7H,1-4H2,(H,8,9). The minimum absolute atomic E-state index is 0.318. The number of hydrogen-bond donors (Lipinski definition) is 2. The van der Waals surface area contributed by atoms with E-state index in [2.05, 4.69) is 5.32 Å². The van der Waals surface area contributed by atoms with Crippen LogP contribution in [0.4, 0.5) is 0 Å². The highest BCUT2D eigenvalue weighted by Gasteiger charge is 2.18.